The predicted octanol–water partition coefficient (Wildman–Crippen LogP) is 5.17. The molecule has 8 heteroatoms. The van der Waals surface area contributed by atoms with Crippen molar-refractivity contribution >= 4 is 34.7 Å². The first-order valence-electron chi connectivity index (χ1n) is 10.2. The molecule has 0 saturated heterocycles. The second-order valence-electron chi connectivity index (χ2n) is 7.50. The standard InChI is InChI=1S/C24H23ClN6O/c1-15-16(2)30-31(17(15)3)23-13-12-22(28-29-23)26-19-8-10-20(11-9-19)27-24(32)14-18-6-4-5-7-21(18)25/h4-13H,14H2,1-3H3,(H,26,28)(H,27,32). The van der Waals surface area contributed by atoms with Crippen molar-refractivity contribution in [3.8, 4) is 5.82 Å². The van der Waals surface area contributed by atoms with Crippen molar-refractivity contribution in [1.82, 2.24) is 20.0 Å². The minimum atomic E-state index is -0.125. The first-order chi connectivity index (χ1) is 15.4. The van der Waals surface area contributed by atoms with E-state index in [1.165, 1.54) is 0 Å². The van der Waals surface area contributed by atoms with Gasteiger partial charge in [0.1, 0.15) is 0 Å². The summed E-state index contributed by atoms with van der Waals surface area (Å²) < 4.78 is 1.79. The van der Waals surface area contributed by atoms with Gasteiger partial charge in [-0.3, -0.25) is 4.79 Å². The van der Waals surface area contributed by atoms with E-state index in [4.69, 9.17) is 11.6 Å². The van der Waals surface area contributed by atoms with Crippen molar-refractivity contribution in [3.05, 3.63) is 88.2 Å². The van der Waals surface area contributed by atoms with Crippen LogP contribution in [0.3, 0.4) is 0 Å². The van der Waals surface area contributed by atoms with Gasteiger partial charge in [-0.1, -0.05) is 29.8 Å². The van der Waals surface area contributed by atoms with Crippen LogP contribution < -0.4 is 10.6 Å². The van der Waals surface area contributed by atoms with Crippen LogP contribution in [0.25, 0.3) is 5.82 Å². The largest absolute Gasteiger partial charge is 0.339 e. The summed E-state index contributed by atoms with van der Waals surface area (Å²) in [6.45, 7) is 6.03. The van der Waals surface area contributed by atoms with Crippen molar-refractivity contribution < 1.29 is 4.79 Å². The van der Waals surface area contributed by atoms with Gasteiger partial charge in [0, 0.05) is 22.1 Å². The van der Waals surface area contributed by atoms with E-state index in [0.29, 0.717) is 22.3 Å². The number of hydrogen-bond acceptors (Lipinski definition) is 5. The molecule has 32 heavy (non-hydrogen) atoms. The van der Waals surface area contributed by atoms with Crippen LogP contribution in [0.1, 0.15) is 22.5 Å². The molecule has 162 valence electrons. The average molecular weight is 447 g/mol. The fourth-order valence-corrected chi connectivity index (χ4v) is 3.46. The number of nitrogens with one attached hydrogen (secondary N) is 2. The molecular formula is C24H23ClN6O. The molecule has 2 aromatic heterocycles. The minimum absolute atomic E-state index is 0.125. The first kappa shape index (κ1) is 21.5. The lowest BCUT2D eigenvalue weighted by atomic mass is 10.1. The van der Waals surface area contributed by atoms with Crippen LogP contribution in [0.2, 0.25) is 5.02 Å². The molecule has 0 spiro atoms. The summed E-state index contributed by atoms with van der Waals surface area (Å²) in [4.78, 5) is 12.3. The van der Waals surface area contributed by atoms with E-state index in [2.05, 4.69) is 25.9 Å². The Bertz CT molecular complexity index is 1250. The highest BCUT2D eigenvalue weighted by Crippen LogP contribution is 2.20. The molecule has 2 heterocycles. The van der Waals surface area contributed by atoms with Crippen LogP contribution in [-0.2, 0) is 11.2 Å². The zero-order chi connectivity index (χ0) is 22.7. The van der Waals surface area contributed by atoms with Gasteiger partial charge in [0.15, 0.2) is 11.6 Å². The van der Waals surface area contributed by atoms with Crippen LogP contribution in [-0.4, -0.2) is 25.9 Å². The molecule has 0 bridgehead atoms. The highest BCUT2D eigenvalue weighted by atomic mass is 35.5. The normalized spacial score (nSPS) is 10.8. The van der Waals surface area contributed by atoms with Gasteiger partial charge in [0.05, 0.1) is 12.1 Å². The number of carbonyl (C=O) groups is 1. The summed E-state index contributed by atoms with van der Waals surface area (Å²) in [5.74, 6) is 1.16. The van der Waals surface area contributed by atoms with Crippen molar-refractivity contribution in [2.45, 2.75) is 27.2 Å². The molecule has 0 aliphatic rings. The third kappa shape index (κ3) is 4.78. The van der Waals surface area contributed by atoms with Gasteiger partial charge in [-0.15, -0.1) is 10.2 Å². The smallest absolute Gasteiger partial charge is 0.228 e. The Morgan fingerprint density at radius 2 is 1.66 bits per heavy atom. The molecule has 0 unspecified atom stereocenters. The quantitative estimate of drug-likeness (QED) is 0.427. The number of aromatic nitrogens is 4. The summed E-state index contributed by atoms with van der Waals surface area (Å²) in [6, 6.07) is 18.4. The second-order valence-corrected chi connectivity index (χ2v) is 7.91. The minimum Gasteiger partial charge on any atom is -0.339 e. The van der Waals surface area contributed by atoms with Gasteiger partial charge in [-0.2, -0.15) is 5.10 Å². The highest BCUT2D eigenvalue weighted by molar-refractivity contribution is 6.31. The molecule has 0 aliphatic carbocycles. The number of anilines is 3. The number of hydrogen-bond donors (Lipinski definition) is 2. The second kappa shape index (κ2) is 9.20. The monoisotopic (exact) mass is 446 g/mol. The lowest BCUT2D eigenvalue weighted by Gasteiger charge is -2.09. The Morgan fingerprint density at radius 1 is 0.938 bits per heavy atom. The number of aryl methyl sites for hydroxylation is 1. The first-order valence-corrected chi connectivity index (χ1v) is 10.6. The van der Waals surface area contributed by atoms with E-state index in [1.807, 2.05) is 75.4 Å². The Labute approximate surface area is 191 Å². The number of nitrogens with zero attached hydrogens (tertiary/aromatic N) is 4. The van der Waals surface area contributed by atoms with Gasteiger partial charge >= 0.3 is 0 Å². The van der Waals surface area contributed by atoms with E-state index >= 15 is 0 Å². The number of rotatable bonds is 6. The Morgan fingerprint density at radius 3 is 2.28 bits per heavy atom. The Kier molecular flexibility index (Phi) is 6.18. The lowest BCUT2D eigenvalue weighted by molar-refractivity contribution is -0.115. The van der Waals surface area contributed by atoms with Crippen LogP contribution in [0.15, 0.2) is 60.7 Å². The summed E-state index contributed by atoms with van der Waals surface area (Å²) in [6.07, 6.45) is 0.219. The Balaban J connectivity index is 1.37. The van der Waals surface area contributed by atoms with Gasteiger partial charge in [0.25, 0.3) is 0 Å². The fraction of sp³-hybridized carbons (Fsp3) is 0.167. The van der Waals surface area contributed by atoms with E-state index in [1.54, 1.807) is 10.7 Å². The van der Waals surface area contributed by atoms with Gasteiger partial charge < -0.3 is 10.6 Å². The van der Waals surface area contributed by atoms with Crippen molar-refractivity contribution in [3.63, 3.8) is 0 Å². The molecule has 1 amide bonds. The van der Waals surface area contributed by atoms with Crippen molar-refractivity contribution in [2.75, 3.05) is 10.6 Å². The molecule has 4 rings (SSSR count). The van der Waals surface area contributed by atoms with Crippen LogP contribution in [0.5, 0.6) is 0 Å². The maximum absolute atomic E-state index is 12.3. The van der Waals surface area contributed by atoms with E-state index < -0.39 is 0 Å². The number of amides is 1. The molecule has 2 aromatic carbocycles. The Hall–Kier alpha value is -3.71. The van der Waals surface area contributed by atoms with E-state index in [-0.39, 0.29) is 12.3 Å². The lowest BCUT2D eigenvalue weighted by Crippen LogP contribution is -2.14. The van der Waals surface area contributed by atoms with Gasteiger partial charge in [-0.25, -0.2) is 4.68 Å². The number of benzene rings is 2. The SMILES string of the molecule is Cc1nn(-c2ccc(Nc3ccc(NC(=O)Cc4ccccc4Cl)cc3)nn2)c(C)c1C. The molecule has 2 N–H and O–H groups in total. The topological polar surface area (TPSA) is 84.7 Å². The number of carbonyl (C=O) groups excluding carboxylic acids is 1. The number of halogens is 1. The predicted molar refractivity (Wildman–Crippen MR) is 127 cm³/mol. The molecular weight excluding hydrogens is 424 g/mol. The van der Waals surface area contributed by atoms with Gasteiger partial charge in [0.2, 0.25) is 5.91 Å². The van der Waals surface area contributed by atoms with E-state index in [9.17, 15) is 4.79 Å². The highest BCUT2D eigenvalue weighted by Gasteiger charge is 2.11. The summed E-state index contributed by atoms with van der Waals surface area (Å²) in [5, 5.41) is 19.7. The molecule has 4 aromatic rings. The fourth-order valence-electron chi connectivity index (χ4n) is 3.25. The summed E-state index contributed by atoms with van der Waals surface area (Å²) >= 11 is 6.13. The molecule has 0 aliphatic heterocycles. The van der Waals surface area contributed by atoms with Crippen molar-refractivity contribution in [1.29, 1.82) is 0 Å². The van der Waals surface area contributed by atoms with E-state index in [0.717, 1.165) is 28.2 Å². The summed E-state index contributed by atoms with van der Waals surface area (Å²) in [7, 11) is 0. The third-order valence-electron chi connectivity index (χ3n) is 5.27. The summed E-state index contributed by atoms with van der Waals surface area (Å²) in [5.41, 5.74) is 5.50. The molecule has 0 saturated carbocycles. The molecule has 0 atom stereocenters. The van der Waals surface area contributed by atoms with Crippen LogP contribution in [0.4, 0.5) is 17.2 Å². The van der Waals surface area contributed by atoms with Crippen molar-refractivity contribution in [2.24, 2.45) is 0 Å². The zero-order valence-electron chi connectivity index (χ0n) is 18.1. The zero-order valence-corrected chi connectivity index (χ0v) is 18.8. The van der Waals surface area contributed by atoms with Crippen LogP contribution >= 0.6 is 11.6 Å². The van der Waals surface area contributed by atoms with Gasteiger partial charge in [-0.05, 0) is 74.4 Å². The molecule has 0 radical (unpaired) electrons. The maximum Gasteiger partial charge on any atom is 0.228 e. The third-order valence-corrected chi connectivity index (χ3v) is 5.64. The molecule has 0 fully saturated rings. The molecule has 7 nitrogen and oxygen atoms in total. The average Bonchev–Trinajstić information content (AvgIpc) is 3.04. The maximum atomic E-state index is 12.3. The van der Waals surface area contributed by atoms with Crippen LogP contribution in [0, 0.1) is 20.8 Å².